The molecule has 7 nitrogen and oxygen atoms in total. The number of halogens is 2. The maximum atomic E-state index is 12.5. The Morgan fingerprint density at radius 3 is 1.96 bits per heavy atom. The van der Waals surface area contributed by atoms with Gasteiger partial charge in [-0.3, -0.25) is 0 Å². The van der Waals surface area contributed by atoms with Crippen molar-refractivity contribution < 1.29 is 4.74 Å². The summed E-state index contributed by atoms with van der Waals surface area (Å²) in [6.45, 7) is 6.94. The average Bonchev–Trinajstić information content (AvgIpc) is 2.60. The molecule has 2 aromatic rings. The van der Waals surface area contributed by atoms with Crippen LogP contribution in [0.15, 0.2) is 57.9 Å². The van der Waals surface area contributed by atoms with E-state index in [0.717, 1.165) is 13.7 Å². The van der Waals surface area contributed by atoms with Crippen molar-refractivity contribution in [3.8, 4) is 5.75 Å². The second-order valence-corrected chi connectivity index (χ2v) is 6.06. The summed E-state index contributed by atoms with van der Waals surface area (Å²) < 4.78 is 8.29. The first-order valence-electron chi connectivity index (χ1n) is 7.64. The van der Waals surface area contributed by atoms with E-state index < -0.39 is 17.1 Å². The molecule has 0 atom stereocenters. The van der Waals surface area contributed by atoms with E-state index in [4.69, 9.17) is 27.9 Å². The smallest absolute Gasteiger partial charge is 0.336 e. The number of nitrogens with zero attached hydrogens (tertiary/aromatic N) is 3. The lowest BCUT2D eigenvalue weighted by atomic mass is 10.3. The summed E-state index contributed by atoms with van der Waals surface area (Å²) >= 11 is 11.8. The topological polar surface area (TPSA) is 75.2 Å². The van der Waals surface area contributed by atoms with E-state index in [1.54, 1.807) is 12.1 Å². The highest BCUT2D eigenvalue weighted by molar-refractivity contribution is 6.35. The summed E-state index contributed by atoms with van der Waals surface area (Å²) in [6.07, 6.45) is 2.81. The zero-order chi connectivity index (χ0) is 19.3. The van der Waals surface area contributed by atoms with Gasteiger partial charge in [-0.2, -0.15) is 0 Å². The molecule has 0 amide bonds. The first-order valence-corrected chi connectivity index (χ1v) is 8.40. The molecule has 0 aliphatic heterocycles. The number of aromatic nitrogens is 3. The van der Waals surface area contributed by atoms with Crippen molar-refractivity contribution in [1.29, 1.82) is 0 Å². The molecule has 1 heterocycles. The van der Waals surface area contributed by atoms with Crippen molar-refractivity contribution in [1.82, 2.24) is 13.7 Å². The van der Waals surface area contributed by atoms with E-state index >= 15 is 0 Å². The van der Waals surface area contributed by atoms with Crippen LogP contribution in [0.2, 0.25) is 10.0 Å². The maximum absolute atomic E-state index is 12.5. The molecule has 0 N–H and O–H groups in total. The molecule has 0 bridgehead atoms. The van der Waals surface area contributed by atoms with Crippen LogP contribution < -0.4 is 21.8 Å². The fourth-order valence-electron chi connectivity index (χ4n) is 2.28. The second kappa shape index (κ2) is 8.73. The van der Waals surface area contributed by atoms with Gasteiger partial charge in [-0.1, -0.05) is 35.4 Å². The molecule has 1 aromatic heterocycles. The predicted molar refractivity (Wildman–Crippen MR) is 102 cm³/mol. The molecule has 0 fully saturated rings. The summed E-state index contributed by atoms with van der Waals surface area (Å²) in [5, 5.41) is 0.771. The summed E-state index contributed by atoms with van der Waals surface area (Å²) in [6, 6.07) is 4.71. The number of hydrogen-bond acceptors (Lipinski definition) is 4. The number of rotatable bonds is 8. The van der Waals surface area contributed by atoms with Gasteiger partial charge in [0.25, 0.3) is 0 Å². The van der Waals surface area contributed by atoms with Crippen LogP contribution in [0.1, 0.15) is 0 Å². The number of benzene rings is 1. The zero-order valence-corrected chi connectivity index (χ0v) is 15.4. The third kappa shape index (κ3) is 4.17. The van der Waals surface area contributed by atoms with Gasteiger partial charge < -0.3 is 4.74 Å². The van der Waals surface area contributed by atoms with Gasteiger partial charge in [-0.25, -0.2) is 28.1 Å². The van der Waals surface area contributed by atoms with Gasteiger partial charge in [0.05, 0.1) is 24.7 Å². The molecule has 0 saturated carbocycles. The highest BCUT2D eigenvalue weighted by atomic mass is 35.5. The molecule has 9 heteroatoms. The van der Waals surface area contributed by atoms with Gasteiger partial charge in [-0.05, 0) is 18.2 Å². The van der Waals surface area contributed by atoms with E-state index in [1.165, 1.54) is 18.2 Å². The van der Waals surface area contributed by atoms with E-state index in [0.29, 0.717) is 15.8 Å². The van der Waals surface area contributed by atoms with E-state index in [-0.39, 0.29) is 26.2 Å². The third-order valence-electron chi connectivity index (χ3n) is 3.48. The summed E-state index contributed by atoms with van der Waals surface area (Å²) in [7, 11) is 0. The van der Waals surface area contributed by atoms with Crippen molar-refractivity contribution in [3.05, 3.63) is 85.0 Å². The standard InChI is InChI=1S/C17H17Cl2N3O4/c1-3-7-20-15(23)21(8-4-2)17(25)22(16(20)24)9-10-26-14-6-5-12(18)11-13(14)19/h3-6,11H,1-2,7-10H2. The van der Waals surface area contributed by atoms with Gasteiger partial charge >= 0.3 is 17.1 Å². The van der Waals surface area contributed by atoms with Crippen molar-refractivity contribution in [3.63, 3.8) is 0 Å². The van der Waals surface area contributed by atoms with Crippen molar-refractivity contribution in [2.24, 2.45) is 0 Å². The van der Waals surface area contributed by atoms with E-state index in [2.05, 4.69) is 13.2 Å². The Hall–Kier alpha value is -2.51. The first-order chi connectivity index (χ1) is 12.4. The van der Waals surface area contributed by atoms with Crippen LogP contribution in [-0.4, -0.2) is 20.3 Å². The third-order valence-corrected chi connectivity index (χ3v) is 4.01. The van der Waals surface area contributed by atoms with Crippen LogP contribution in [0.4, 0.5) is 0 Å². The predicted octanol–water partition coefficient (Wildman–Crippen LogP) is 1.93. The van der Waals surface area contributed by atoms with E-state index in [9.17, 15) is 14.4 Å². The van der Waals surface area contributed by atoms with Crippen molar-refractivity contribution in [2.75, 3.05) is 6.61 Å². The Labute approximate surface area is 159 Å². The van der Waals surface area contributed by atoms with Crippen LogP contribution in [0.5, 0.6) is 5.75 Å². The normalized spacial score (nSPS) is 10.5. The minimum absolute atomic E-state index is 0.00309. The molecule has 138 valence electrons. The Balaban J connectivity index is 2.34. The quantitative estimate of drug-likeness (QED) is 0.637. The lowest BCUT2D eigenvalue weighted by Crippen LogP contribution is -2.54. The van der Waals surface area contributed by atoms with Crippen molar-refractivity contribution in [2.45, 2.75) is 19.6 Å². The minimum atomic E-state index is -0.731. The summed E-state index contributed by atoms with van der Waals surface area (Å²) in [4.78, 5) is 37.2. The van der Waals surface area contributed by atoms with Gasteiger partial charge in [-0.15, -0.1) is 13.2 Å². The van der Waals surface area contributed by atoms with Crippen LogP contribution in [0.25, 0.3) is 0 Å². The second-order valence-electron chi connectivity index (χ2n) is 5.22. The average molecular weight is 398 g/mol. The minimum Gasteiger partial charge on any atom is -0.490 e. The van der Waals surface area contributed by atoms with Crippen LogP contribution in [0, 0.1) is 0 Å². The molecule has 2 rings (SSSR count). The molecule has 0 aliphatic carbocycles. The van der Waals surface area contributed by atoms with Crippen LogP contribution in [0.3, 0.4) is 0 Å². The molecule has 26 heavy (non-hydrogen) atoms. The van der Waals surface area contributed by atoms with Gasteiger partial charge in [0, 0.05) is 5.02 Å². The molecule has 1 aromatic carbocycles. The zero-order valence-electron chi connectivity index (χ0n) is 13.9. The molecule has 0 radical (unpaired) electrons. The van der Waals surface area contributed by atoms with Gasteiger partial charge in [0.2, 0.25) is 0 Å². The van der Waals surface area contributed by atoms with Gasteiger partial charge in [0.15, 0.2) is 0 Å². The fourth-order valence-corrected chi connectivity index (χ4v) is 2.75. The summed E-state index contributed by atoms with van der Waals surface area (Å²) in [5.74, 6) is 0.370. The van der Waals surface area contributed by atoms with Crippen LogP contribution >= 0.6 is 23.2 Å². The number of allylic oxidation sites excluding steroid dienone is 2. The Morgan fingerprint density at radius 1 is 0.923 bits per heavy atom. The number of hydrogen-bond donors (Lipinski definition) is 0. The highest BCUT2D eigenvalue weighted by Crippen LogP contribution is 2.27. The van der Waals surface area contributed by atoms with Gasteiger partial charge in [0.1, 0.15) is 12.4 Å². The Kier molecular flexibility index (Phi) is 6.65. The molecule has 0 saturated heterocycles. The fraction of sp³-hybridized carbons (Fsp3) is 0.235. The highest BCUT2D eigenvalue weighted by Gasteiger charge is 2.14. The maximum Gasteiger partial charge on any atom is 0.336 e. The Morgan fingerprint density at radius 2 is 1.46 bits per heavy atom. The summed E-state index contributed by atoms with van der Waals surface area (Å²) in [5.41, 5.74) is -2.17. The number of ether oxygens (including phenoxy) is 1. The molecular weight excluding hydrogens is 381 g/mol. The van der Waals surface area contributed by atoms with Crippen molar-refractivity contribution >= 4 is 23.2 Å². The van der Waals surface area contributed by atoms with E-state index in [1.807, 2.05) is 0 Å². The molecular formula is C17H17Cl2N3O4. The SMILES string of the molecule is C=CCn1c(=O)n(CC=C)c(=O)n(CCOc2ccc(Cl)cc2Cl)c1=O. The molecule has 0 spiro atoms. The molecule has 0 aliphatic rings. The largest absolute Gasteiger partial charge is 0.490 e. The lowest BCUT2D eigenvalue weighted by molar-refractivity contribution is 0.287. The Bertz CT molecular complexity index is 956. The monoisotopic (exact) mass is 397 g/mol. The first kappa shape index (κ1) is 19.8. The van der Waals surface area contributed by atoms with Crippen LogP contribution in [-0.2, 0) is 19.6 Å². The molecule has 0 unspecified atom stereocenters. The lowest BCUT2D eigenvalue weighted by Gasteiger charge is -2.13.